The number of fused-ring (bicyclic) bond motifs is 1. The summed E-state index contributed by atoms with van der Waals surface area (Å²) >= 11 is 0. The van der Waals surface area contributed by atoms with Gasteiger partial charge in [0.2, 0.25) is 0 Å². The number of phenolic OH excluding ortho intramolecular Hbond substituents is 1. The molecule has 0 saturated heterocycles. The van der Waals surface area contributed by atoms with Crippen LogP contribution in [0, 0.1) is 0 Å². The standard InChI is InChI=1S/C31H25NO2.2C3H8O.Ti/c33-29-21-20-23-12-10-11-19-27(23)28(29)22-32-30(24-13-4-1-5-14-24)31(34,25-15-6-2-7-16-25)26-17-8-3-9-18-26;2*1-3(2)4;/h1-22,30,33-34H;2*3-4H,1-2H3;/t30-;;;/m1.../s1. The number of phenols is 1. The molecule has 0 unspecified atom stereocenters. The Morgan fingerprint density at radius 2 is 1.02 bits per heavy atom. The maximum Gasteiger partial charge on any atom is 0.141 e. The van der Waals surface area contributed by atoms with Crippen LogP contribution in [0.1, 0.15) is 56.0 Å². The molecule has 1 atom stereocenters. The van der Waals surface area contributed by atoms with E-state index in [1.807, 2.05) is 121 Å². The van der Waals surface area contributed by atoms with Crippen LogP contribution in [0.5, 0.6) is 5.75 Å². The van der Waals surface area contributed by atoms with E-state index in [2.05, 4.69) is 0 Å². The Labute approximate surface area is 270 Å². The largest absolute Gasteiger partial charge is 0.507 e. The molecule has 0 heterocycles. The van der Waals surface area contributed by atoms with Gasteiger partial charge in [0.25, 0.3) is 0 Å². The number of rotatable bonds is 6. The summed E-state index contributed by atoms with van der Waals surface area (Å²) in [5.74, 6) is 0.150. The van der Waals surface area contributed by atoms with E-state index in [1.165, 1.54) is 0 Å². The summed E-state index contributed by atoms with van der Waals surface area (Å²) in [5, 5.41) is 41.2. The van der Waals surface area contributed by atoms with Crippen molar-refractivity contribution >= 4 is 17.0 Å². The zero-order chi connectivity index (χ0) is 30.5. The number of nitrogens with zero attached hydrogens (tertiary/aromatic N) is 1. The molecule has 0 saturated carbocycles. The minimum atomic E-state index is -1.43. The van der Waals surface area contributed by atoms with Crippen LogP contribution in [0.2, 0.25) is 0 Å². The third-order valence-electron chi connectivity index (χ3n) is 6.24. The first-order chi connectivity index (χ1) is 20.1. The van der Waals surface area contributed by atoms with Crippen LogP contribution in [0.15, 0.2) is 132 Å². The van der Waals surface area contributed by atoms with Crippen molar-refractivity contribution in [2.75, 3.05) is 0 Å². The van der Waals surface area contributed by atoms with Gasteiger partial charge in [-0.15, -0.1) is 0 Å². The molecule has 4 N–H and O–H groups in total. The Bertz CT molecular complexity index is 1470. The molecule has 0 amide bonds. The summed E-state index contributed by atoms with van der Waals surface area (Å²) in [7, 11) is 0. The van der Waals surface area contributed by atoms with Gasteiger partial charge in [0.05, 0.1) is 0 Å². The van der Waals surface area contributed by atoms with Crippen molar-refractivity contribution in [1.29, 1.82) is 0 Å². The van der Waals surface area contributed by atoms with Crippen molar-refractivity contribution in [2.24, 2.45) is 4.99 Å². The Morgan fingerprint density at radius 1 is 0.605 bits per heavy atom. The van der Waals surface area contributed by atoms with Crippen LogP contribution < -0.4 is 0 Å². The molecule has 6 heteroatoms. The SMILES string of the molecule is CC(C)O.CC(C)O.Oc1ccc2ccccc2c1C=N[C@H](c1ccccc1)C(O)(c1ccccc1)c1ccccc1.[Ti]. The van der Waals surface area contributed by atoms with E-state index in [1.54, 1.807) is 40.0 Å². The van der Waals surface area contributed by atoms with Gasteiger partial charge in [0, 0.05) is 45.7 Å². The maximum atomic E-state index is 12.5. The number of hydrogen-bond acceptors (Lipinski definition) is 5. The van der Waals surface area contributed by atoms with E-state index in [-0.39, 0.29) is 39.7 Å². The Morgan fingerprint density at radius 3 is 1.51 bits per heavy atom. The molecule has 0 spiro atoms. The monoisotopic (exact) mass is 611 g/mol. The van der Waals surface area contributed by atoms with Crippen LogP contribution in [-0.2, 0) is 27.3 Å². The number of aromatic hydroxyl groups is 1. The van der Waals surface area contributed by atoms with Crippen molar-refractivity contribution in [3.8, 4) is 5.75 Å². The van der Waals surface area contributed by atoms with Crippen LogP contribution in [0.3, 0.4) is 0 Å². The molecule has 0 aliphatic carbocycles. The fourth-order valence-corrected chi connectivity index (χ4v) is 4.51. The molecule has 0 fully saturated rings. The molecular weight excluding hydrogens is 570 g/mol. The second-order valence-corrected chi connectivity index (χ2v) is 10.5. The van der Waals surface area contributed by atoms with E-state index >= 15 is 0 Å². The van der Waals surface area contributed by atoms with Gasteiger partial charge in [-0.3, -0.25) is 4.99 Å². The van der Waals surface area contributed by atoms with Crippen molar-refractivity contribution in [3.63, 3.8) is 0 Å². The van der Waals surface area contributed by atoms with Gasteiger partial charge in [-0.1, -0.05) is 121 Å². The van der Waals surface area contributed by atoms with E-state index < -0.39 is 11.6 Å². The predicted molar refractivity (Wildman–Crippen MR) is 173 cm³/mol. The number of hydrogen-bond donors (Lipinski definition) is 4. The van der Waals surface area contributed by atoms with Crippen molar-refractivity contribution < 1.29 is 42.1 Å². The average Bonchev–Trinajstić information content (AvgIpc) is 2.99. The second kappa shape index (κ2) is 17.5. The van der Waals surface area contributed by atoms with Crippen LogP contribution in [0.25, 0.3) is 10.8 Å². The molecule has 5 nitrogen and oxygen atoms in total. The minimum absolute atomic E-state index is 0. The van der Waals surface area contributed by atoms with Gasteiger partial charge >= 0.3 is 0 Å². The van der Waals surface area contributed by atoms with Crippen molar-refractivity contribution in [3.05, 3.63) is 150 Å². The number of aliphatic imine (C=N–C) groups is 1. The smallest absolute Gasteiger partial charge is 0.141 e. The third-order valence-corrected chi connectivity index (χ3v) is 6.24. The first kappa shape index (κ1) is 35.6. The van der Waals surface area contributed by atoms with Crippen molar-refractivity contribution in [2.45, 2.75) is 51.5 Å². The van der Waals surface area contributed by atoms with Gasteiger partial charge in [-0.2, -0.15) is 0 Å². The zero-order valence-electron chi connectivity index (χ0n) is 25.2. The van der Waals surface area contributed by atoms with Gasteiger partial charge in [0.1, 0.15) is 17.4 Å². The van der Waals surface area contributed by atoms with E-state index in [4.69, 9.17) is 15.2 Å². The number of benzene rings is 5. The molecule has 0 aliphatic heterocycles. The summed E-state index contributed by atoms with van der Waals surface area (Å²) in [6.07, 6.45) is 1.35. The zero-order valence-corrected chi connectivity index (χ0v) is 26.7. The van der Waals surface area contributed by atoms with E-state index in [0.717, 1.165) is 27.5 Å². The second-order valence-electron chi connectivity index (χ2n) is 10.5. The molecule has 0 bridgehead atoms. The summed E-state index contributed by atoms with van der Waals surface area (Å²) in [4.78, 5) is 4.97. The van der Waals surface area contributed by atoms with Gasteiger partial charge < -0.3 is 20.4 Å². The molecule has 43 heavy (non-hydrogen) atoms. The molecule has 222 valence electrons. The Balaban J connectivity index is 0.000000642. The summed E-state index contributed by atoms with van der Waals surface area (Å²) < 4.78 is 0. The fraction of sp³-hybridized carbons (Fsp3) is 0.216. The molecule has 0 aromatic heterocycles. The fourth-order valence-electron chi connectivity index (χ4n) is 4.51. The van der Waals surface area contributed by atoms with Gasteiger partial charge in [0.15, 0.2) is 0 Å². The van der Waals surface area contributed by atoms with Crippen LogP contribution >= 0.6 is 0 Å². The Kier molecular flexibility index (Phi) is 14.5. The molecule has 0 aliphatic rings. The number of aliphatic hydroxyl groups excluding tert-OH is 2. The summed E-state index contributed by atoms with van der Waals surface area (Å²) in [5.41, 5.74) is 1.56. The normalized spacial score (nSPS) is 11.7. The average molecular weight is 612 g/mol. The minimum Gasteiger partial charge on any atom is -0.507 e. The summed E-state index contributed by atoms with van der Waals surface area (Å²) in [6, 6.07) is 39.8. The first-order valence-corrected chi connectivity index (χ1v) is 14.1. The maximum absolute atomic E-state index is 12.5. The van der Waals surface area contributed by atoms with E-state index in [9.17, 15) is 10.2 Å². The molecule has 0 radical (unpaired) electrons. The molecule has 5 rings (SSSR count). The van der Waals surface area contributed by atoms with Crippen LogP contribution in [-0.4, -0.2) is 38.8 Å². The topological polar surface area (TPSA) is 93.3 Å². The number of aliphatic hydroxyl groups is 3. The van der Waals surface area contributed by atoms with Gasteiger partial charge in [-0.05, 0) is 61.2 Å². The van der Waals surface area contributed by atoms with Crippen molar-refractivity contribution in [1.82, 2.24) is 0 Å². The molecule has 5 aromatic rings. The summed E-state index contributed by atoms with van der Waals surface area (Å²) in [6.45, 7) is 6.89. The predicted octanol–water partition coefficient (Wildman–Crippen LogP) is 7.41. The van der Waals surface area contributed by atoms with Gasteiger partial charge in [-0.25, -0.2) is 0 Å². The van der Waals surface area contributed by atoms with E-state index in [0.29, 0.717) is 5.56 Å². The first-order valence-electron chi connectivity index (χ1n) is 14.1. The van der Waals surface area contributed by atoms with Crippen LogP contribution in [0.4, 0.5) is 0 Å². The Hall–Kier alpha value is -3.58. The molecule has 5 aromatic carbocycles. The third kappa shape index (κ3) is 9.99. The molecular formula is C37H41NO4Ti. The quantitative estimate of drug-likeness (QED) is 0.119.